The van der Waals surface area contributed by atoms with Crippen LogP contribution in [0.15, 0.2) is 48.5 Å². The number of hydrogen-bond acceptors (Lipinski definition) is 11. The Kier molecular flexibility index (Phi) is 11.3. The van der Waals surface area contributed by atoms with Crippen molar-refractivity contribution < 1.29 is 47.0 Å². The third kappa shape index (κ3) is 8.55. The number of pyridine rings is 1. The van der Waals surface area contributed by atoms with E-state index < -0.39 is 58.7 Å². The van der Waals surface area contributed by atoms with Crippen molar-refractivity contribution in [2.24, 2.45) is 5.92 Å². The lowest BCUT2D eigenvalue weighted by molar-refractivity contribution is -0.141. The van der Waals surface area contributed by atoms with Crippen LogP contribution in [0.4, 0.5) is 24.5 Å². The Morgan fingerprint density at radius 3 is 2.39 bits per heavy atom. The van der Waals surface area contributed by atoms with E-state index in [4.69, 9.17) is 4.98 Å². The van der Waals surface area contributed by atoms with Crippen LogP contribution >= 0.6 is 11.3 Å². The van der Waals surface area contributed by atoms with E-state index in [9.17, 15) is 47.0 Å². The summed E-state index contributed by atoms with van der Waals surface area (Å²) in [6.07, 6.45) is -1.34. The topological polar surface area (TPSA) is 191 Å². The standard InChI is InChI=1S/C41H42F3N7O7S/c1-40(2,58)24-19-28-30(20-27(24)47-34(53)26-9-5-10-31(46-26)41(42,43)44)59-36(48-28)21-11-13-22(14-12-21)37(55)50(3)18-6-17-45-25-8-4-7-23-33(25)39(57)51(38(23)56)29-15-16-32(52)49-35(29)54/h4-5,7-10,19-22,29,45,58H,6,11-18H2,1-3H3,(H,47,53)(H,49,52,54)/t21-,22-,29?. The van der Waals surface area contributed by atoms with Crippen molar-refractivity contribution in [1.29, 1.82) is 0 Å². The number of imide groups is 2. The summed E-state index contributed by atoms with van der Waals surface area (Å²) in [5.41, 5.74) is -1.07. The minimum atomic E-state index is -4.72. The maximum Gasteiger partial charge on any atom is 0.433 e. The number of piperidine rings is 1. The molecule has 14 nitrogen and oxygen atoms in total. The first-order valence-corrected chi connectivity index (χ1v) is 20.1. The van der Waals surface area contributed by atoms with Crippen LogP contribution in [0.3, 0.4) is 0 Å². The summed E-state index contributed by atoms with van der Waals surface area (Å²) < 4.78 is 40.4. The molecule has 310 valence electrons. The minimum Gasteiger partial charge on any atom is -0.386 e. The molecule has 1 unspecified atom stereocenters. The van der Waals surface area contributed by atoms with E-state index in [1.165, 1.54) is 37.3 Å². The molecule has 0 bridgehead atoms. The maximum atomic E-state index is 13.5. The van der Waals surface area contributed by atoms with Crippen LogP contribution in [0.25, 0.3) is 10.2 Å². The summed E-state index contributed by atoms with van der Waals surface area (Å²) in [4.78, 5) is 88.1. The monoisotopic (exact) mass is 833 g/mol. The third-order valence-electron chi connectivity index (χ3n) is 11.0. The number of hydrogen-bond donors (Lipinski definition) is 4. The number of rotatable bonds is 11. The molecule has 59 heavy (non-hydrogen) atoms. The lowest BCUT2D eigenvalue weighted by atomic mass is 9.81. The van der Waals surface area contributed by atoms with Crippen LogP contribution < -0.4 is 16.0 Å². The number of amides is 6. The van der Waals surface area contributed by atoms with Crippen molar-refractivity contribution in [2.75, 3.05) is 30.8 Å². The van der Waals surface area contributed by atoms with E-state index in [0.717, 1.165) is 39.6 Å². The molecular formula is C41H42F3N7O7S. The van der Waals surface area contributed by atoms with Gasteiger partial charge >= 0.3 is 6.18 Å². The Morgan fingerprint density at radius 1 is 0.966 bits per heavy atom. The van der Waals surface area contributed by atoms with Crippen LogP contribution in [0, 0.1) is 5.92 Å². The van der Waals surface area contributed by atoms with Gasteiger partial charge in [-0.1, -0.05) is 12.1 Å². The van der Waals surface area contributed by atoms with Crippen molar-refractivity contribution >= 4 is 68.4 Å². The second-order valence-electron chi connectivity index (χ2n) is 15.6. The molecule has 7 rings (SSSR count). The maximum absolute atomic E-state index is 13.5. The average Bonchev–Trinajstić information content (AvgIpc) is 3.72. The van der Waals surface area contributed by atoms with E-state index in [1.807, 2.05) is 0 Å². The van der Waals surface area contributed by atoms with E-state index in [0.29, 0.717) is 49.1 Å². The quantitative estimate of drug-likeness (QED) is 0.106. The minimum absolute atomic E-state index is 0.0273. The molecule has 4 aromatic rings. The van der Waals surface area contributed by atoms with Gasteiger partial charge < -0.3 is 20.6 Å². The van der Waals surface area contributed by atoms with Gasteiger partial charge in [0.2, 0.25) is 17.7 Å². The lowest BCUT2D eigenvalue weighted by Gasteiger charge is -2.30. The van der Waals surface area contributed by atoms with Crippen molar-refractivity contribution in [1.82, 2.24) is 25.1 Å². The largest absolute Gasteiger partial charge is 0.433 e. The van der Waals surface area contributed by atoms with Gasteiger partial charge in [0, 0.05) is 55.3 Å². The molecule has 0 spiro atoms. The number of nitrogens with one attached hydrogen (secondary N) is 3. The zero-order valence-corrected chi connectivity index (χ0v) is 33.3. The van der Waals surface area contributed by atoms with Crippen molar-refractivity contribution in [3.05, 3.63) is 81.6 Å². The molecule has 1 saturated heterocycles. The predicted molar refractivity (Wildman–Crippen MR) is 211 cm³/mol. The molecule has 2 aliphatic heterocycles. The van der Waals surface area contributed by atoms with Crippen LogP contribution in [-0.2, 0) is 26.2 Å². The van der Waals surface area contributed by atoms with Gasteiger partial charge in [-0.3, -0.25) is 39.0 Å². The number of fused-ring (bicyclic) bond motifs is 2. The van der Waals surface area contributed by atoms with E-state index in [-0.39, 0.29) is 47.4 Å². The zero-order chi connectivity index (χ0) is 42.4. The molecular weight excluding hydrogens is 792 g/mol. The molecule has 1 saturated carbocycles. The number of thiazole rings is 1. The van der Waals surface area contributed by atoms with E-state index >= 15 is 0 Å². The molecule has 18 heteroatoms. The van der Waals surface area contributed by atoms with Crippen molar-refractivity contribution in [3.63, 3.8) is 0 Å². The van der Waals surface area contributed by atoms with Gasteiger partial charge in [0.15, 0.2) is 0 Å². The first-order valence-electron chi connectivity index (χ1n) is 19.3. The lowest BCUT2D eigenvalue weighted by Crippen LogP contribution is -2.54. The molecule has 2 fully saturated rings. The summed E-state index contributed by atoms with van der Waals surface area (Å²) in [5, 5.41) is 19.8. The van der Waals surface area contributed by atoms with Crippen LogP contribution in [-0.4, -0.2) is 86.5 Å². The molecule has 1 atom stereocenters. The number of aliphatic hydroxyl groups is 1. The molecule has 2 aromatic heterocycles. The van der Waals surface area contributed by atoms with Gasteiger partial charge in [-0.15, -0.1) is 11.3 Å². The number of carbonyl (C=O) groups excluding carboxylic acids is 6. The van der Waals surface area contributed by atoms with E-state index in [1.54, 1.807) is 36.2 Å². The average molecular weight is 834 g/mol. The Labute approximate surface area is 340 Å². The first kappa shape index (κ1) is 41.4. The second kappa shape index (κ2) is 16.1. The fraction of sp³-hybridized carbons (Fsp3) is 0.415. The highest BCUT2D eigenvalue weighted by atomic mass is 32.1. The van der Waals surface area contributed by atoms with Gasteiger partial charge in [0.25, 0.3) is 17.7 Å². The number of nitrogens with zero attached hydrogens (tertiary/aromatic N) is 4. The van der Waals surface area contributed by atoms with Crippen LogP contribution in [0.1, 0.15) is 112 Å². The molecule has 2 aromatic carbocycles. The Morgan fingerprint density at radius 2 is 1.69 bits per heavy atom. The number of carbonyl (C=O) groups is 6. The zero-order valence-electron chi connectivity index (χ0n) is 32.4. The molecule has 4 N–H and O–H groups in total. The van der Waals surface area contributed by atoms with Crippen LogP contribution in [0.2, 0.25) is 0 Å². The predicted octanol–water partition coefficient (Wildman–Crippen LogP) is 5.83. The van der Waals surface area contributed by atoms with E-state index in [2.05, 4.69) is 20.9 Å². The number of anilines is 2. The summed E-state index contributed by atoms with van der Waals surface area (Å²) in [6.45, 7) is 3.92. The Bertz CT molecular complexity index is 2370. The SMILES string of the molecule is CN(CCCNc1cccc2c1C(=O)N(C1CCC(=O)NC1=O)C2=O)C(=O)[C@H]1CC[C@H](c2nc3cc(C(C)(C)O)c(NC(=O)c4cccc(C(F)(F)F)n4)cc3s2)CC1. The van der Waals surface area contributed by atoms with Crippen LogP contribution in [0.5, 0.6) is 0 Å². The van der Waals surface area contributed by atoms with Gasteiger partial charge in [0.1, 0.15) is 17.4 Å². The highest BCUT2D eigenvalue weighted by Crippen LogP contribution is 2.42. The summed E-state index contributed by atoms with van der Waals surface area (Å²) in [5.74, 6) is -3.23. The number of alkyl halides is 3. The normalized spacial score (nSPS) is 19.8. The van der Waals surface area contributed by atoms with Crippen molar-refractivity contribution in [2.45, 2.75) is 82.5 Å². The highest BCUT2D eigenvalue weighted by molar-refractivity contribution is 7.18. The van der Waals surface area contributed by atoms with Crippen molar-refractivity contribution in [3.8, 4) is 0 Å². The fourth-order valence-electron chi connectivity index (χ4n) is 7.89. The Balaban J connectivity index is 0.932. The second-order valence-corrected chi connectivity index (χ2v) is 16.7. The number of halogens is 3. The van der Waals surface area contributed by atoms with Gasteiger partial charge in [-0.2, -0.15) is 13.2 Å². The molecule has 6 amide bonds. The number of benzene rings is 2. The van der Waals surface area contributed by atoms with Gasteiger partial charge in [-0.05, 0) is 88.8 Å². The molecule has 1 aliphatic carbocycles. The number of aromatic nitrogens is 2. The fourth-order valence-corrected chi connectivity index (χ4v) is 9.05. The molecule has 4 heterocycles. The summed E-state index contributed by atoms with van der Waals surface area (Å²) in [7, 11) is 1.75. The van der Waals surface area contributed by atoms with Gasteiger partial charge in [-0.25, -0.2) is 9.97 Å². The molecule has 0 radical (unpaired) electrons. The third-order valence-corrected chi connectivity index (χ3v) is 12.2. The summed E-state index contributed by atoms with van der Waals surface area (Å²) >= 11 is 1.43. The highest BCUT2D eigenvalue weighted by Gasteiger charge is 2.45. The first-order chi connectivity index (χ1) is 27.9. The molecule has 3 aliphatic rings. The van der Waals surface area contributed by atoms with Gasteiger partial charge in [0.05, 0.1) is 32.0 Å². The Hall–Kier alpha value is -5.75. The summed E-state index contributed by atoms with van der Waals surface area (Å²) in [6, 6.07) is 10.2. The smallest absolute Gasteiger partial charge is 0.386 e.